The Morgan fingerprint density at radius 2 is 2.00 bits per heavy atom. The standard InChI is InChI=1S/C21H19Cl2N3O/c1-2-26-11-10-17-14(12-26)19(13-6-3-4-8-16(13)24-17)21(27)25-18-9-5-7-15(22)20(18)23/h3-9H,2,10-12H2,1H3,(H,25,27). The number of nitrogens with one attached hydrogen (secondary N) is 1. The molecule has 0 saturated carbocycles. The maximum Gasteiger partial charge on any atom is 0.256 e. The number of hydrogen-bond donors (Lipinski definition) is 1. The molecule has 0 radical (unpaired) electrons. The SMILES string of the molecule is CCN1CCc2nc3ccccc3c(C(=O)Nc3cccc(Cl)c3Cl)c2C1. The third-order valence-electron chi connectivity index (χ3n) is 5.00. The Labute approximate surface area is 168 Å². The number of pyridine rings is 1. The number of halogens is 2. The van der Waals surface area contributed by atoms with Crippen LogP contribution in [0.2, 0.25) is 10.0 Å². The molecule has 0 aliphatic carbocycles. The van der Waals surface area contributed by atoms with Crippen LogP contribution >= 0.6 is 23.2 Å². The highest BCUT2D eigenvalue weighted by Crippen LogP contribution is 2.32. The maximum atomic E-state index is 13.3. The molecule has 1 N–H and O–H groups in total. The van der Waals surface area contributed by atoms with Crippen molar-refractivity contribution in [2.45, 2.75) is 19.9 Å². The van der Waals surface area contributed by atoms with Gasteiger partial charge in [0.1, 0.15) is 0 Å². The van der Waals surface area contributed by atoms with Crippen LogP contribution in [-0.2, 0) is 13.0 Å². The van der Waals surface area contributed by atoms with Gasteiger partial charge in [-0.3, -0.25) is 14.7 Å². The van der Waals surface area contributed by atoms with Crippen molar-refractivity contribution in [3.05, 3.63) is 69.3 Å². The lowest BCUT2D eigenvalue weighted by Crippen LogP contribution is -2.33. The Bertz CT molecular complexity index is 1040. The van der Waals surface area contributed by atoms with Crippen LogP contribution in [0.3, 0.4) is 0 Å². The molecule has 3 aromatic rings. The van der Waals surface area contributed by atoms with Crippen molar-refractivity contribution in [3.63, 3.8) is 0 Å². The van der Waals surface area contributed by atoms with E-state index in [9.17, 15) is 4.79 Å². The molecular weight excluding hydrogens is 381 g/mol. The number of aromatic nitrogens is 1. The summed E-state index contributed by atoms with van der Waals surface area (Å²) >= 11 is 12.4. The molecule has 0 spiro atoms. The number of likely N-dealkylation sites (N-methyl/N-ethyl adjacent to an activating group) is 1. The summed E-state index contributed by atoms with van der Waals surface area (Å²) in [7, 11) is 0. The predicted molar refractivity (Wildman–Crippen MR) is 111 cm³/mol. The molecule has 1 aliphatic rings. The van der Waals surface area contributed by atoms with E-state index in [0.717, 1.165) is 48.2 Å². The van der Waals surface area contributed by atoms with Crippen LogP contribution in [0.15, 0.2) is 42.5 Å². The van der Waals surface area contributed by atoms with E-state index < -0.39 is 0 Å². The Morgan fingerprint density at radius 1 is 1.19 bits per heavy atom. The van der Waals surface area contributed by atoms with E-state index in [1.165, 1.54) is 0 Å². The highest BCUT2D eigenvalue weighted by Gasteiger charge is 2.25. The lowest BCUT2D eigenvalue weighted by molar-refractivity contribution is 0.102. The fourth-order valence-electron chi connectivity index (χ4n) is 3.56. The first-order valence-electron chi connectivity index (χ1n) is 8.96. The summed E-state index contributed by atoms with van der Waals surface area (Å²) in [6, 6.07) is 13.0. The average Bonchev–Trinajstić information content (AvgIpc) is 2.69. The van der Waals surface area contributed by atoms with Crippen LogP contribution in [0.1, 0.15) is 28.5 Å². The predicted octanol–water partition coefficient (Wildman–Crippen LogP) is 5.17. The third-order valence-corrected chi connectivity index (χ3v) is 5.82. The number of carbonyl (C=O) groups excluding carboxylic acids is 1. The minimum absolute atomic E-state index is 0.188. The van der Waals surface area contributed by atoms with Crippen LogP contribution in [-0.4, -0.2) is 28.9 Å². The molecule has 0 unspecified atom stereocenters. The molecule has 1 aromatic heterocycles. The van der Waals surface area contributed by atoms with Crippen LogP contribution < -0.4 is 5.32 Å². The summed E-state index contributed by atoms with van der Waals surface area (Å²) in [6.45, 7) is 4.74. The van der Waals surface area contributed by atoms with Gasteiger partial charge in [-0.15, -0.1) is 0 Å². The number of para-hydroxylation sites is 1. The van der Waals surface area contributed by atoms with E-state index in [1.54, 1.807) is 18.2 Å². The first-order valence-corrected chi connectivity index (χ1v) is 9.72. The van der Waals surface area contributed by atoms with E-state index in [1.807, 2.05) is 24.3 Å². The number of hydrogen-bond acceptors (Lipinski definition) is 3. The van der Waals surface area contributed by atoms with Gasteiger partial charge in [-0.05, 0) is 24.7 Å². The first kappa shape index (κ1) is 18.2. The van der Waals surface area contributed by atoms with Gasteiger partial charge in [0.05, 0.1) is 26.8 Å². The van der Waals surface area contributed by atoms with E-state index >= 15 is 0 Å². The van der Waals surface area contributed by atoms with E-state index in [4.69, 9.17) is 28.2 Å². The fourth-order valence-corrected chi connectivity index (χ4v) is 3.91. The number of nitrogens with zero attached hydrogens (tertiary/aromatic N) is 2. The molecule has 4 nitrogen and oxygen atoms in total. The summed E-state index contributed by atoms with van der Waals surface area (Å²) in [5.41, 5.74) is 4.01. The molecule has 1 amide bonds. The molecule has 0 fully saturated rings. The normalized spacial score (nSPS) is 14.2. The Hall–Kier alpha value is -2.14. The van der Waals surface area contributed by atoms with Crippen molar-refractivity contribution in [1.29, 1.82) is 0 Å². The second-order valence-corrected chi connectivity index (χ2v) is 7.39. The number of benzene rings is 2. The van der Waals surface area contributed by atoms with Crippen molar-refractivity contribution in [2.24, 2.45) is 0 Å². The average molecular weight is 400 g/mol. The lowest BCUT2D eigenvalue weighted by atomic mass is 9.95. The van der Waals surface area contributed by atoms with Crippen molar-refractivity contribution >= 4 is 45.7 Å². The number of rotatable bonds is 3. The zero-order valence-electron chi connectivity index (χ0n) is 14.9. The molecule has 0 saturated heterocycles. The molecule has 1 aliphatic heterocycles. The summed E-state index contributed by atoms with van der Waals surface area (Å²) < 4.78 is 0. The highest BCUT2D eigenvalue weighted by molar-refractivity contribution is 6.44. The van der Waals surface area contributed by atoms with E-state index in [-0.39, 0.29) is 5.91 Å². The van der Waals surface area contributed by atoms with E-state index in [2.05, 4.69) is 17.1 Å². The molecule has 2 aromatic carbocycles. The quantitative estimate of drug-likeness (QED) is 0.660. The Morgan fingerprint density at radius 3 is 2.81 bits per heavy atom. The molecule has 0 bridgehead atoms. The van der Waals surface area contributed by atoms with Gasteiger partial charge >= 0.3 is 0 Å². The Kier molecular flexibility index (Phi) is 5.04. The lowest BCUT2D eigenvalue weighted by Gasteiger charge is -2.29. The van der Waals surface area contributed by atoms with Crippen molar-refractivity contribution < 1.29 is 4.79 Å². The van der Waals surface area contributed by atoms with Gasteiger partial charge in [0.15, 0.2) is 0 Å². The highest BCUT2D eigenvalue weighted by atomic mass is 35.5. The van der Waals surface area contributed by atoms with Gasteiger partial charge in [-0.25, -0.2) is 0 Å². The van der Waals surface area contributed by atoms with E-state index in [0.29, 0.717) is 21.3 Å². The third kappa shape index (κ3) is 3.41. The number of anilines is 1. The Balaban J connectivity index is 1.84. The van der Waals surface area contributed by atoms with Crippen molar-refractivity contribution in [1.82, 2.24) is 9.88 Å². The topological polar surface area (TPSA) is 45.2 Å². The number of carbonyl (C=O) groups is 1. The summed E-state index contributed by atoms with van der Waals surface area (Å²) in [6.07, 6.45) is 0.839. The number of fused-ring (bicyclic) bond motifs is 2. The smallest absolute Gasteiger partial charge is 0.256 e. The molecular formula is C21H19Cl2N3O. The van der Waals surface area contributed by atoms with Gasteiger partial charge < -0.3 is 5.32 Å². The zero-order valence-corrected chi connectivity index (χ0v) is 16.4. The molecule has 0 atom stereocenters. The molecule has 4 rings (SSSR count). The van der Waals surface area contributed by atoms with Gasteiger partial charge in [0, 0.05) is 36.2 Å². The fraction of sp³-hybridized carbons (Fsp3) is 0.238. The van der Waals surface area contributed by atoms with Gasteiger partial charge in [-0.1, -0.05) is 54.4 Å². The molecule has 6 heteroatoms. The van der Waals surface area contributed by atoms with Crippen molar-refractivity contribution in [2.75, 3.05) is 18.4 Å². The summed E-state index contributed by atoms with van der Waals surface area (Å²) in [5.74, 6) is -0.188. The number of amides is 1. The largest absolute Gasteiger partial charge is 0.321 e. The molecule has 138 valence electrons. The second-order valence-electron chi connectivity index (χ2n) is 6.60. The minimum atomic E-state index is -0.188. The zero-order chi connectivity index (χ0) is 19.0. The second kappa shape index (κ2) is 7.47. The van der Waals surface area contributed by atoms with Crippen LogP contribution in [0, 0.1) is 0 Å². The van der Waals surface area contributed by atoms with Gasteiger partial charge in [0.25, 0.3) is 5.91 Å². The summed E-state index contributed by atoms with van der Waals surface area (Å²) in [4.78, 5) is 20.4. The maximum absolute atomic E-state index is 13.3. The van der Waals surface area contributed by atoms with Crippen LogP contribution in [0.25, 0.3) is 10.9 Å². The molecule has 2 heterocycles. The summed E-state index contributed by atoms with van der Waals surface area (Å²) in [5, 5.41) is 4.55. The van der Waals surface area contributed by atoms with Crippen LogP contribution in [0.4, 0.5) is 5.69 Å². The van der Waals surface area contributed by atoms with Gasteiger partial charge in [-0.2, -0.15) is 0 Å². The van der Waals surface area contributed by atoms with Gasteiger partial charge in [0.2, 0.25) is 0 Å². The monoisotopic (exact) mass is 399 g/mol. The molecule has 27 heavy (non-hydrogen) atoms. The first-order chi connectivity index (χ1) is 13.1. The van der Waals surface area contributed by atoms with Crippen LogP contribution in [0.5, 0.6) is 0 Å². The minimum Gasteiger partial charge on any atom is -0.321 e. The van der Waals surface area contributed by atoms with Crippen molar-refractivity contribution in [3.8, 4) is 0 Å².